The summed E-state index contributed by atoms with van der Waals surface area (Å²) in [6.07, 6.45) is -1.42. The maximum atomic E-state index is 12.1. The number of aliphatic carboxylic acids is 1. The summed E-state index contributed by atoms with van der Waals surface area (Å²) in [6, 6.07) is -1.09. The lowest BCUT2D eigenvalue weighted by molar-refractivity contribution is -0.148. The summed E-state index contributed by atoms with van der Waals surface area (Å²) in [6.45, 7) is 4.05. The first-order chi connectivity index (χ1) is 6.21. The number of rotatable bonds is 4. The Labute approximate surface area is 82.9 Å². The average Bonchev–Trinajstić information content (AvgIpc) is 1.99. The van der Waals surface area contributed by atoms with Crippen LogP contribution in [0.2, 0.25) is 0 Å². The van der Waals surface area contributed by atoms with Crippen molar-refractivity contribution in [2.75, 3.05) is 6.67 Å². The number of aliphatic hydroxyl groups excluding tert-OH is 1. The van der Waals surface area contributed by atoms with Gasteiger partial charge in [-0.1, -0.05) is 20.8 Å². The van der Waals surface area contributed by atoms with Crippen molar-refractivity contribution in [3.8, 4) is 0 Å². The van der Waals surface area contributed by atoms with E-state index in [0.29, 0.717) is 0 Å². The Bertz CT molecular complexity index is 203. The molecule has 4 N–H and O–H groups in total. The quantitative estimate of drug-likeness (QED) is 0.622. The van der Waals surface area contributed by atoms with Crippen LogP contribution >= 0.6 is 0 Å². The van der Waals surface area contributed by atoms with Crippen LogP contribution in [0.1, 0.15) is 20.8 Å². The highest BCUT2D eigenvalue weighted by atomic mass is 19.1. The van der Waals surface area contributed by atoms with E-state index in [1.807, 2.05) is 0 Å². The zero-order valence-electron chi connectivity index (χ0n) is 8.70. The normalized spacial score (nSPS) is 18.7. The number of halogens is 1. The Hall–Kier alpha value is -0.680. The van der Waals surface area contributed by atoms with E-state index in [4.69, 9.17) is 15.9 Å². The van der Waals surface area contributed by atoms with Gasteiger partial charge in [-0.05, 0) is 5.41 Å². The van der Waals surface area contributed by atoms with Gasteiger partial charge in [0.1, 0.15) is 6.67 Å². The Morgan fingerprint density at radius 2 is 1.93 bits per heavy atom. The van der Waals surface area contributed by atoms with Crippen LogP contribution < -0.4 is 5.73 Å². The summed E-state index contributed by atoms with van der Waals surface area (Å²) in [4.78, 5) is 10.9. The van der Waals surface area contributed by atoms with Crippen molar-refractivity contribution >= 4 is 5.97 Å². The fourth-order valence-corrected chi connectivity index (χ4v) is 1.44. The van der Waals surface area contributed by atoms with Gasteiger partial charge in [-0.15, -0.1) is 0 Å². The fourth-order valence-electron chi connectivity index (χ4n) is 1.44. The van der Waals surface area contributed by atoms with E-state index in [0.717, 1.165) is 0 Å². The first kappa shape index (κ1) is 13.3. The van der Waals surface area contributed by atoms with Crippen LogP contribution in [0.15, 0.2) is 0 Å². The summed E-state index contributed by atoms with van der Waals surface area (Å²) in [5, 5.41) is 18.1. The van der Waals surface area contributed by atoms with Gasteiger partial charge in [0.15, 0.2) is 0 Å². The van der Waals surface area contributed by atoms with Gasteiger partial charge in [0.25, 0.3) is 0 Å². The van der Waals surface area contributed by atoms with Crippen molar-refractivity contribution in [2.45, 2.75) is 32.9 Å². The minimum Gasteiger partial charge on any atom is -0.481 e. The number of carboxylic acids is 1. The Balaban J connectivity index is 4.76. The average molecular weight is 207 g/mol. The summed E-state index contributed by atoms with van der Waals surface area (Å²) < 4.78 is 12.1. The number of alkyl halides is 1. The second-order valence-corrected chi connectivity index (χ2v) is 4.48. The Kier molecular flexibility index (Phi) is 4.48. The maximum Gasteiger partial charge on any atom is 0.308 e. The molecule has 0 spiro atoms. The molecule has 0 aliphatic carbocycles. The summed E-state index contributed by atoms with van der Waals surface area (Å²) in [5.74, 6) is -2.08. The first-order valence-electron chi connectivity index (χ1n) is 4.44. The van der Waals surface area contributed by atoms with Gasteiger partial charge in [0.2, 0.25) is 0 Å². The number of hydrogen-bond acceptors (Lipinski definition) is 3. The van der Waals surface area contributed by atoms with Crippen molar-refractivity contribution < 1.29 is 19.4 Å². The van der Waals surface area contributed by atoms with Gasteiger partial charge in [-0.25, -0.2) is 4.39 Å². The molecule has 0 bridgehead atoms. The molecule has 14 heavy (non-hydrogen) atoms. The van der Waals surface area contributed by atoms with E-state index in [1.54, 1.807) is 20.8 Å². The number of aliphatic hydroxyl groups is 1. The van der Waals surface area contributed by atoms with Crippen LogP contribution in [0.25, 0.3) is 0 Å². The zero-order chi connectivity index (χ0) is 11.5. The van der Waals surface area contributed by atoms with E-state index >= 15 is 0 Å². The molecule has 0 heterocycles. The van der Waals surface area contributed by atoms with Crippen LogP contribution in [-0.2, 0) is 4.79 Å². The Morgan fingerprint density at radius 3 is 2.14 bits per heavy atom. The molecule has 0 aromatic carbocycles. The molecule has 0 amide bonds. The monoisotopic (exact) mass is 207 g/mol. The molecule has 0 saturated heterocycles. The number of carboxylic acid groups (broad SMARTS) is 1. The zero-order valence-corrected chi connectivity index (χ0v) is 8.70. The van der Waals surface area contributed by atoms with Crippen LogP contribution in [0.5, 0.6) is 0 Å². The lowest BCUT2D eigenvalue weighted by Crippen LogP contribution is -2.50. The third-order valence-electron chi connectivity index (χ3n) is 2.19. The maximum absolute atomic E-state index is 12.1. The molecule has 0 rings (SSSR count). The summed E-state index contributed by atoms with van der Waals surface area (Å²) in [7, 11) is 0. The van der Waals surface area contributed by atoms with Gasteiger partial charge >= 0.3 is 5.97 Å². The predicted molar refractivity (Wildman–Crippen MR) is 50.5 cm³/mol. The highest BCUT2D eigenvalue weighted by molar-refractivity contribution is 5.72. The van der Waals surface area contributed by atoms with Crippen LogP contribution in [0, 0.1) is 11.3 Å². The van der Waals surface area contributed by atoms with E-state index in [-0.39, 0.29) is 0 Å². The molecule has 3 atom stereocenters. The van der Waals surface area contributed by atoms with Crippen molar-refractivity contribution in [3.63, 3.8) is 0 Å². The molecule has 0 aliphatic rings. The SMILES string of the molecule is CC(C)(C)C(C(=O)O)C(N)C(O)CF. The molecule has 0 aromatic rings. The molecule has 84 valence electrons. The topological polar surface area (TPSA) is 83.5 Å². The van der Waals surface area contributed by atoms with Gasteiger partial charge in [0.05, 0.1) is 12.0 Å². The first-order valence-corrected chi connectivity index (χ1v) is 4.44. The molecule has 0 radical (unpaired) electrons. The highest BCUT2D eigenvalue weighted by Crippen LogP contribution is 2.29. The molecule has 4 nitrogen and oxygen atoms in total. The fraction of sp³-hybridized carbons (Fsp3) is 0.889. The largest absolute Gasteiger partial charge is 0.481 e. The number of hydrogen-bond donors (Lipinski definition) is 3. The Morgan fingerprint density at radius 1 is 1.50 bits per heavy atom. The molecule has 0 aliphatic heterocycles. The summed E-state index contributed by atoms with van der Waals surface area (Å²) in [5.41, 5.74) is 4.88. The molecular weight excluding hydrogens is 189 g/mol. The van der Waals surface area contributed by atoms with Crippen LogP contribution in [0.3, 0.4) is 0 Å². The molecule has 0 aromatic heterocycles. The third kappa shape index (κ3) is 3.23. The van der Waals surface area contributed by atoms with Gasteiger partial charge in [0, 0.05) is 6.04 Å². The van der Waals surface area contributed by atoms with Crippen molar-refractivity contribution in [2.24, 2.45) is 17.1 Å². The van der Waals surface area contributed by atoms with Crippen molar-refractivity contribution in [1.29, 1.82) is 0 Å². The number of nitrogens with two attached hydrogens (primary N) is 1. The molecular formula is C9H18FNO3. The minimum atomic E-state index is -1.42. The van der Waals surface area contributed by atoms with Gasteiger partial charge < -0.3 is 15.9 Å². The third-order valence-corrected chi connectivity index (χ3v) is 2.19. The van der Waals surface area contributed by atoms with E-state index in [2.05, 4.69) is 0 Å². The van der Waals surface area contributed by atoms with E-state index in [9.17, 15) is 9.18 Å². The van der Waals surface area contributed by atoms with E-state index < -0.39 is 36.1 Å². The van der Waals surface area contributed by atoms with Crippen molar-refractivity contribution in [1.82, 2.24) is 0 Å². The van der Waals surface area contributed by atoms with Crippen molar-refractivity contribution in [3.05, 3.63) is 0 Å². The molecule has 3 unspecified atom stereocenters. The number of carbonyl (C=O) groups is 1. The molecule has 0 fully saturated rings. The molecule has 5 heteroatoms. The lowest BCUT2D eigenvalue weighted by Gasteiger charge is -2.33. The standard InChI is InChI=1S/C9H18FNO3/c1-9(2,3)6(8(13)14)7(11)5(12)4-10/h5-7,12H,4,11H2,1-3H3,(H,13,14). The van der Waals surface area contributed by atoms with Gasteiger partial charge in [-0.2, -0.15) is 0 Å². The highest BCUT2D eigenvalue weighted by Gasteiger charge is 2.39. The second kappa shape index (κ2) is 4.70. The smallest absolute Gasteiger partial charge is 0.308 e. The summed E-state index contributed by atoms with van der Waals surface area (Å²) >= 11 is 0. The predicted octanol–water partition coefficient (Wildman–Crippen LogP) is 0.391. The minimum absolute atomic E-state index is 0.610. The van der Waals surface area contributed by atoms with Crippen LogP contribution in [0.4, 0.5) is 4.39 Å². The van der Waals surface area contributed by atoms with Crippen LogP contribution in [-0.4, -0.2) is 35.0 Å². The van der Waals surface area contributed by atoms with Gasteiger partial charge in [-0.3, -0.25) is 4.79 Å². The molecule has 0 saturated carbocycles. The second-order valence-electron chi connectivity index (χ2n) is 4.48. The van der Waals surface area contributed by atoms with E-state index in [1.165, 1.54) is 0 Å². The lowest BCUT2D eigenvalue weighted by atomic mass is 9.75.